The number of rotatable bonds is 12. The Bertz CT molecular complexity index is 1420. The summed E-state index contributed by atoms with van der Waals surface area (Å²) in [7, 11) is 0. The molecule has 224 valence electrons. The molecule has 1 aromatic heterocycles. The number of hydrogen-bond acceptors (Lipinski definition) is 6. The highest BCUT2D eigenvalue weighted by Crippen LogP contribution is 2.22. The minimum atomic E-state index is -1.15. The van der Waals surface area contributed by atoms with Gasteiger partial charge in [-0.15, -0.1) is 0 Å². The van der Waals surface area contributed by atoms with Crippen molar-refractivity contribution in [1.82, 2.24) is 20.5 Å². The molecule has 1 aliphatic rings. The van der Waals surface area contributed by atoms with E-state index in [-0.39, 0.29) is 36.8 Å². The number of nitrogens with zero attached hydrogens (tertiary/aromatic N) is 1. The smallest absolute Gasteiger partial charge is 0.326 e. The molecule has 4 unspecified atom stereocenters. The summed E-state index contributed by atoms with van der Waals surface area (Å²) in [4.78, 5) is 56.9. The van der Waals surface area contributed by atoms with Gasteiger partial charge in [-0.1, -0.05) is 44.2 Å². The number of H-pyrrole nitrogens is 1. The number of fused-ring (bicyclic) bond motifs is 1. The van der Waals surface area contributed by atoms with Gasteiger partial charge in [0.2, 0.25) is 17.7 Å². The van der Waals surface area contributed by atoms with E-state index in [4.69, 9.17) is 5.73 Å². The molecule has 1 aliphatic heterocycles. The summed E-state index contributed by atoms with van der Waals surface area (Å²) in [6, 6.07) is 10.1. The number of aromatic hydroxyl groups is 1. The first-order valence-electron chi connectivity index (χ1n) is 14.3. The monoisotopic (exact) mass is 577 g/mol. The predicted molar refractivity (Wildman–Crippen MR) is 157 cm³/mol. The van der Waals surface area contributed by atoms with Crippen LogP contribution in [0, 0.1) is 5.92 Å². The topological polar surface area (TPSA) is 178 Å². The van der Waals surface area contributed by atoms with Gasteiger partial charge in [-0.2, -0.15) is 0 Å². The van der Waals surface area contributed by atoms with E-state index in [9.17, 15) is 29.4 Å². The lowest BCUT2D eigenvalue weighted by molar-refractivity contribution is -0.143. The second kappa shape index (κ2) is 13.5. The van der Waals surface area contributed by atoms with Crippen LogP contribution in [0.25, 0.3) is 10.9 Å². The van der Waals surface area contributed by atoms with Crippen LogP contribution in [0.15, 0.2) is 54.7 Å². The summed E-state index contributed by atoms with van der Waals surface area (Å²) in [5, 5.41) is 25.5. The Kier molecular flexibility index (Phi) is 9.84. The van der Waals surface area contributed by atoms with Crippen LogP contribution in [-0.4, -0.2) is 74.5 Å². The molecule has 11 heteroatoms. The Hall–Kier alpha value is -4.38. The SMILES string of the molecule is CC(C)CC(NC(=O)C(Cc1c[nH]c2ccccc12)NC(=O)C1CCCN1C(=O)C(N)Cc1ccc(O)cc1)C(=O)O. The molecule has 7 N–H and O–H groups in total. The van der Waals surface area contributed by atoms with Crippen LogP contribution < -0.4 is 16.4 Å². The number of amides is 3. The minimum absolute atomic E-state index is 0.0249. The summed E-state index contributed by atoms with van der Waals surface area (Å²) in [6.45, 7) is 4.09. The van der Waals surface area contributed by atoms with Crippen molar-refractivity contribution in [2.24, 2.45) is 11.7 Å². The number of nitrogens with two attached hydrogens (primary N) is 1. The zero-order valence-corrected chi connectivity index (χ0v) is 23.9. The van der Waals surface area contributed by atoms with Gasteiger partial charge in [0.25, 0.3) is 0 Å². The van der Waals surface area contributed by atoms with Gasteiger partial charge in [0.15, 0.2) is 0 Å². The van der Waals surface area contributed by atoms with Gasteiger partial charge < -0.3 is 36.5 Å². The van der Waals surface area contributed by atoms with Crippen molar-refractivity contribution in [2.75, 3.05) is 6.54 Å². The molecular formula is C31H39N5O6. The molecule has 11 nitrogen and oxygen atoms in total. The molecule has 1 saturated heterocycles. The van der Waals surface area contributed by atoms with Crippen molar-refractivity contribution in [3.63, 3.8) is 0 Å². The average molecular weight is 578 g/mol. The Morgan fingerprint density at radius 2 is 1.74 bits per heavy atom. The summed E-state index contributed by atoms with van der Waals surface area (Å²) < 4.78 is 0. The van der Waals surface area contributed by atoms with E-state index in [2.05, 4.69) is 15.6 Å². The lowest BCUT2D eigenvalue weighted by atomic mass is 10.0. The molecule has 2 heterocycles. The van der Waals surface area contributed by atoms with E-state index in [1.807, 2.05) is 38.1 Å². The Morgan fingerprint density at radius 3 is 2.43 bits per heavy atom. The first-order chi connectivity index (χ1) is 20.0. The van der Waals surface area contributed by atoms with E-state index in [1.54, 1.807) is 18.3 Å². The van der Waals surface area contributed by atoms with Gasteiger partial charge in [0.05, 0.1) is 6.04 Å². The van der Waals surface area contributed by atoms with Crippen LogP contribution in [0.2, 0.25) is 0 Å². The highest BCUT2D eigenvalue weighted by molar-refractivity contribution is 5.95. The Morgan fingerprint density at radius 1 is 1.02 bits per heavy atom. The van der Waals surface area contributed by atoms with Crippen LogP contribution in [0.1, 0.15) is 44.2 Å². The number of nitrogens with one attached hydrogen (secondary N) is 3. The molecule has 3 amide bonds. The standard InChI is InChI=1S/C31H39N5O6/c1-18(2)14-26(31(41)42)35-28(38)25(16-20-17-33-24-7-4-3-6-22(20)24)34-29(39)27-8-5-13-36(27)30(40)23(32)15-19-9-11-21(37)12-10-19/h3-4,6-7,9-12,17-18,23,25-27,33,37H,5,8,13-16,32H2,1-2H3,(H,34,39)(H,35,38)(H,41,42). The second-order valence-corrected chi connectivity index (χ2v) is 11.3. The van der Waals surface area contributed by atoms with Crippen molar-refractivity contribution >= 4 is 34.6 Å². The predicted octanol–water partition coefficient (Wildman–Crippen LogP) is 2.08. The molecule has 0 saturated carbocycles. The molecule has 42 heavy (non-hydrogen) atoms. The third kappa shape index (κ3) is 7.47. The number of aliphatic carboxylic acids is 1. The fourth-order valence-corrected chi connectivity index (χ4v) is 5.45. The van der Waals surface area contributed by atoms with Crippen molar-refractivity contribution in [1.29, 1.82) is 0 Å². The van der Waals surface area contributed by atoms with Crippen LogP contribution in [-0.2, 0) is 32.0 Å². The summed E-state index contributed by atoms with van der Waals surface area (Å²) >= 11 is 0. The Balaban J connectivity index is 1.51. The number of aromatic amines is 1. The van der Waals surface area contributed by atoms with Gasteiger partial charge in [-0.3, -0.25) is 14.4 Å². The number of aromatic nitrogens is 1. The highest BCUT2D eigenvalue weighted by Gasteiger charge is 2.38. The zero-order valence-electron chi connectivity index (χ0n) is 23.9. The third-order valence-corrected chi connectivity index (χ3v) is 7.60. The third-order valence-electron chi connectivity index (χ3n) is 7.60. The molecule has 4 atom stereocenters. The fourth-order valence-electron chi connectivity index (χ4n) is 5.45. The van der Waals surface area contributed by atoms with Gasteiger partial charge in [-0.25, -0.2) is 4.79 Å². The molecule has 1 fully saturated rings. The maximum Gasteiger partial charge on any atom is 0.326 e. The number of likely N-dealkylation sites (tertiary alicyclic amines) is 1. The number of carboxylic acids is 1. The number of phenolic OH excluding ortho intramolecular Hbond substituents is 1. The van der Waals surface area contributed by atoms with Crippen molar-refractivity contribution in [3.05, 3.63) is 65.9 Å². The quantitative estimate of drug-likeness (QED) is 0.191. The summed E-state index contributed by atoms with van der Waals surface area (Å²) in [5.41, 5.74) is 8.67. The van der Waals surface area contributed by atoms with Crippen LogP contribution in [0.3, 0.4) is 0 Å². The number of benzene rings is 2. The van der Waals surface area contributed by atoms with Crippen LogP contribution in [0.4, 0.5) is 0 Å². The molecule has 0 spiro atoms. The lowest BCUT2D eigenvalue weighted by Gasteiger charge is -2.29. The number of carbonyl (C=O) groups is 4. The van der Waals surface area contributed by atoms with Gasteiger partial charge >= 0.3 is 5.97 Å². The summed E-state index contributed by atoms with van der Waals surface area (Å²) in [6.07, 6.45) is 3.38. The molecule has 0 radical (unpaired) electrons. The molecule has 3 aromatic rings. The van der Waals surface area contributed by atoms with E-state index < -0.39 is 42.0 Å². The first-order valence-corrected chi connectivity index (χ1v) is 14.3. The normalized spacial score (nSPS) is 17.1. The maximum atomic E-state index is 13.6. The number of hydrogen-bond donors (Lipinski definition) is 6. The summed E-state index contributed by atoms with van der Waals surface area (Å²) in [5.74, 6) is -2.49. The number of carboxylic acid groups (broad SMARTS) is 1. The van der Waals surface area contributed by atoms with E-state index in [0.717, 1.165) is 22.0 Å². The minimum Gasteiger partial charge on any atom is -0.508 e. The fraction of sp³-hybridized carbons (Fsp3) is 0.419. The van der Waals surface area contributed by atoms with E-state index in [0.29, 0.717) is 19.4 Å². The Labute approximate surface area is 244 Å². The van der Waals surface area contributed by atoms with Gasteiger partial charge in [0, 0.05) is 30.1 Å². The number of phenols is 1. The van der Waals surface area contributed by atoms with Crippen molar-refractivity contribution in [3.8, 4) is 5.75 Å². The second-order valence-electron chi connectivity index (χ2n) is 11.3. The average Bonchev–Trinajstić information content (AvgIpc) is 3.60. The van der Waals surface area contributed by atoms with Crippen molar-refractivity contribution in [2.45, 2.75) is 70.1 Å². The van der Waals surface area contributed by atoms with Crippen LogP contribution in [0.5, 0.6) is 5.75 Å². The van der Waals surface area contributed by atoms with Crippen molar-refractivity contribution < 1.29 is 29.4 Å². The number of carbonyl (C=O) groups excluding carboxylic acids is 3. The molecule has 2 aromatic carbocycles. The molecule has 0 aliphatic carbocycles. The van der Waals surface area contributed by atoms with Gasteiger partial charge in [-0.05, 0) is 60.9 Å². The van der Waals surface area contributed by atoms with E-state index in [1.165, 1.54) is 17.0 Å². The van der Waals surface area contributed by atoms with Gasteiger partial charge in [0.1, 0.15) is 23.9 Å². The number of para-hydroxylation sites is 1. The molecule has 4 rings (SSSR count). The highest BCUT2D eigenvalue weighted by atomic mass is 16.4. The molecular weight excluding hydrogens is 538 g/mol. The zero-order chi connectivity index (χ0) is 30.4. The van der Waals surface area contributed by atoms with Crippen LogP contribution >= 0.6 is 0 Å². The first kappa shape index (κ1) is 30.6. The van der Waals surface area contributed by atoms with E-state index >= 15 is 0 Å². The lowest BCUT2D eigenvalue weighted by Crippen LogP contribution is -2.57. The largest absolute Gasteiger partial charge is 0.508 e. The molecule has 0 bridgehead atoms. The maximum absolute atomic E-state index is 13.6.